The number of benzene rings is 8. The Labute approximate surface area is 785 Å². The first-order valence-corrected chi connectivity index (χ1v) is 47.2. The molecule has 8 aromatic carbocycles. The average Bonchev–Trinajstić information content (AvgIpc) is 1.59. The highest BCUT2D eigenvalue weighted by molar-refractivity contribution is 6.21. The molecule has 30 nitrogen and oxygen atoms in total. The number of hydrogen-bond donors (Lipinski definition) is 6. The van der Waals surface area contributed by atoms with Crippen LogP contribution in [0.25, 0.3) is 78.8 Å². The molecule has 0 radical (unpaired) electrons. The van der Waals surface area contributed by atoms with Crippen molar-refractivity contribution in [2.24, 2.45) is 70.1 Å². The number of imide groups is 1. The van der Waals surface area contributed by atoms with Crippen molar-refractivity contribution in [1.82, 2.24) is 71.8 Å². The zero-order valence-corrected chi connectivity index (χ0v) is 74.8. The van der Waals surface area contributed by atoms with Gasteiger partial charge in [0.25, 0.3) is 11.8 Å². The third-order valence-corrected chi connectivity index (χ3v) is 30.7. The molecule has 15 aromatic rings. The Balaban J connectivity index is 0.0000000873. The first-order valence-electron chi connectivity index (χ1n) is 47.2. The molecule has 30 rings (SSSR count). The highest BCUT2D eigenvalue weighted by Crippen LogP contribution is 2.53. The normalized spacial score (nSPS) is 28.4. The molecule has 0 bridgehead atoms. The number of hydrogen-bond acceptors (Lipinski definition) is 22. The fourth-order valence-corrected chi connectivity index (χ4v) is 24.2. The van der Waals surface area contributed by atoms with E-state index < -0.39 is 6.10 Å². The van der Waals surface area contributed by atoms with Gasteiger partial charge in [0.15, 0.2) is 0 Å². The number of carbonyl (C=O) groups excluding carboxylic acids is 2. The second kappa shape index (κ2) is 35.8. The maximum atomic E-state index is 13.0. The molecular weight excluding hydrogens is 1710 g/mol. The summed E-state index contributed by atoms with van der Waals surface area (Å²) in [5.41, 5.74) is 58.0. The van der Waals surface area contributed by atoms with Crippen LogP contribution >= 0.6 is 0 Å². The number of imidazole rings is 7. The molecule has 0 spiro atoms. The van der Waals surface area contributed by atoms with E-state index in [0.29, 0.717) is 100 Å². The molecule has 7 saturated heterocycles. The quantitative estimate of drug-likeness (QED) is 0.0770. The van der Waals surface area contributed by atoms with Gasteiger partial charge in [0, 0.05) is 111 Å². The molecular formula is C106H106N20O10. The number of nitrogens with two attached hydrogens (primary N) is 5. The third kappa shape index (κ3) is 14.4. The van der Waals surface area contributed by atoms with Crippen LogP contribution in [-0.4, -0.2) is 224 Å². The van der Waals surface area contributed by atoms with Crippen molar-refractivity contribution in [2.75, 3.05) is 92.5 Å². The first-order chi connectivity index (χ1) is 66.9. The predicted molar refractivity (Wildman–Crippen MR) is 507 cm³/mol. The fraction of sp³-hybridized carbons (Fsp3) is 0.330. The van der Waals surface area contributed by atoms with E-state index >= 15 is 0 Å². The highest BCUT2D eigenvalue weighted by atomic mass is 16.5. The van der Waals surface area contributed by atoms with Crippen LogP contribution in [-0.2, 0) is 33.2 Å². The minimum absolute atomic E-state index is 0.00878. The van der Waals surface area contributed by atoms with Gasteiger partial charge < -0.3 is 98.9 Å². The number of aromatic nitrogens is 14. The molecule has 21 atom stereocenters. The first kappa shape index (κ1) is 85.7. The number of nitrogens with zero attached hydrogens (tertiary/aromatic N) is 15. The van der Waals surface area contributed by atoms with E-state index in [1.807, 2.05) is 112 Å². The van der Waals surface area contributed by atoms with Gasteiger partial charge in [0.05, 0.1) is 286 Å². The molecule has 690 valence electrons. The van der Waals surface area contributed by atoms with Gasteiger partial charge in [-0.1, -0.05) is 182 Å². The Morgan fingerprint density at radius 2 is 0.412 bits per heavy atom. The van der Waals surface area contributed by atoms with Crippen molar-refractivity contribution in [1.29, 1.82) is 0 Å². The summed E-state index contributed by atoms with van der Waals surface area (Å²) in [6.07, 6.45) is 26.2. The number of aliphatic hydroxyl groups is 1. The summed E-state index contributed by atoms with van der Waals surface area (Å²) in [6, 6.07) is 67.9. The van der Waals surface area contributed by atoms with Gasteiger partial charge in [-0.25, -0.2) is 34.9 Å². The molecule has 0 aliphatic carbocycles. The summed E-state index contributed by atoms with van der Waals surface area (Å²) in [7, 11) is 0. The lowest BCUT2D eigenvalue weighted by Gasteiger charge is -2.31. The van der Waals surface area contributed by atoms with Crippen LogP contribution in [0.1, 0.15) is 102 Å². The average molecular weight is 1820 g/mol. The Kier molecular flexibility index (Phi) is 22.6. The fourth-order valence-electron chi connectivity index (χ4n) is 24.2. The Hall–Kier alpha value is -13.2. The van der Waals surface area contributed by atoms with Crippen molar-refractivity contribution in [2.45, 2.75) is 84.6 Å². The Morgan fingerprint density at radius 1 is 0.228 bits per heavy atom. The van der Waals surface area contributed by atoms with Crippen LogP contribution in [0, 0.1) is 41.4 Å². The molecule has 0 saturated carbocycles. The van der Waals surface area contributed by atoms with E-state index in [-0.39, 0.29) is 102 Å². The van der Waals surface area contributed by atoms with E-state index in [4.69, 9.17) is 61.8 Å². The second-order valence-corrected chi connectivity index (χ2v) is 37.9. The van der Waals surface area contributed by atoms with Crippen LogP contribution in [0.4, 0.5) is 0 Å². The summed E-state index contributed by atoms with van der Waals surface area (Å²) in [4.78, 5) is 57.4. The lowest BCUT2D eigenvalue weighted by Crippen LogP contribution is -2.46. The summed E-state index contributed by atoms with van der Waals surface area (Å²) < 4.78 is 54.4. The standard InChI is InChI=1S/C22H17N3O3.5C14H15N3O.C14H14N2O2/c26-21-15-7-3-4-8-16(15)22(27)25(21)19-11-28-10-17(19)20-14-6-2-1-5-13(14)18-9-23-12-24(18)20;5*15-12-7-18-6-11(12)14-10-4-2-1-3-9(10)13-5-16-8-17(13)14;17-13-7-18-6-11(13)14-10-4-2-1-3-9(10)12-5-15-8-16(12)14/h1-9,12,17,19-20H,10-11H2;5*1-5,8,11-12,14H,6-7,15H2;1-5,8,11,13-14,17H,6-7H2/t;2*11-,12+,14+;2*11-,12+,14-;;/m.1010../s1. The minimum Gasteiger partial charge on any atom is -0.390 e. The molecule has 15 aliphatic rings. The van der Waals surface area contributed by atoms with Gasteiger partial charge in [-0.05, 0) is 51.1 Å². The minimum atomic E-state index is -0.392. The molecule has 22 heterocycles. The number of carbonyl (C=O) groups is 2. The predicted octanol–water partition coefficient (Wildman–Crippen LogP) is 11.4. The van der Waals surface area contributed by atoms with E-state index in [1.54, 1.807) is 24.3 Å². The molecule has 30 heteroatoms. The Bertz CT molecular complexity index is 6090. The third-order valence-electron chi connectivity index (χ3n) is 30.7. The summed E-state index contributed by atoms with van der Waals surface area (Å²) in [5, 5.41) is 10.1. The van der Waals surface area contributed by atoms with E-state index in [2.05, 4.69) is 212 Å². The molecule has 15 aliphatic heterocycles. The van der Waals surface area contributed by atoms with Crippen LogP contribution < -0.4 is 28.7 Å². The van der Waals surface area contributed by atoms with Gasteiger partial charge in [-0.15, -0.1) is 0 Å². The smallest absolute Gasteiger partial charge is 0.261 e. The molecule has 136 heavy (non-hydrogen) atoms. The van der Waals surface area contributed by atoms with Crippen LogP contribution in [0.2, 0.25) is 0 Å². The lowest BCUT2D eigenvalue weighted by atomic mass is 9.88. The van der Waals surface area contributed by atoms with Crippen LogP contribution in [0.15, 0.2) is 282 Å². The van der Waals surface area contributed by atoms with Crippen LogP contribution in [0.3, 0.4) is 0 Å². The number of rotatable bonds is 8. The molecule has 9 unspecified atom stereocenters. The van der Waals surface area contributed by atoms with Gasteiger partial charge >= 0.3 is 0 Å². The Morgan fingerprint density at radius 3 is 0.625 bits per heavy atom. The number of aliphatic hydroxyl groups excluding tert-OH is 1. The maximum absolute atomic E-state index is 13.0. The summed E-state index contributed by atoms with van der Waals surface area (Å²) >= 11 is 0. The molecule has 11 N–H and O–H groups in total. The van der Waals surface area contributed by atoms with Gasteiger partial charge in [-0.3, -0.25) is 14.5 Å². The van der Waals surface area contributed by atoms with Crippen molar-refractivity contribution >= 4 is 11.8 Å². The van der Waals surface area contributed by atoms with Crippen molar-refractivity contribution in [3.63, 3.8) is 0 Å². The van der Waals surface area contributed by atoms with Crippen molar-refractivity contribution in [3.8, 4) is 78.8 Å². The highest BCUT2D eigenvalue weighted by Gasteiger charge is 2.52. The van der Waals surface area contributed by atoms with Crippen LogP contribution in [0.5, 0.6) is 0 Å². The molecule has 7 fully saturated rings. The van der Waals surface area contributed by atoms with Gasteiger partial charge in [0.2, 0.25) is 0 Å². The summed E-state index contributed by atoms with van der Waals surface area (Å²) in [5.74, 6) is 1.31. The summed E-state index contributed by atoms with van der Waals surface area (Å²) in [6.45, 7) is 8.87. The van der Waals surface area contributed by atoms with Crippen molar-refractivity contribution in [3.05, 3.63) is 332 Å². The monoisotopic (exact) mass is 1820 g/mol. The van der Waals surface area contributed by atoms with Gasteiger partial charge in [-0.2, -0.15) is 0 Å². The molecule has 2 amide bonds. The number of fused-ring (bicyclic) bond motifs is 22. The topological polar surface area (TPSA) is 377 Å². The molecule has 7 aromatic heterocycles. The largest absolute Gasteiger partial charge is 0.390 e. The van der Waals surface area contributed by atoms with E-state index in [9.17, 15) is 14.7 Å². The lowest BCUT2D eigenvalue weighted by molar-refractivity contribution is 0.0531. The van der Waals surface area contributed by atoms with E-state index in [0.717, 1.165) is 50.0 Å². The van der Waals surface area contributed by atoms with Gasteiger partial charge in [0.1, 0.15) is 0 Å². The number of amides is 2. The second-order valence-electron chi connectivity index (χ2n) is 37.9. The zero-order chi connectivity index (χ0) is 91.5. The zero-order valence-electron chi connectivity index (χ0n) is 74.8. The number of ether oxygens (including phenoxy) is 7. The van der Waals surface area contributed by atoms with E-state index in [1.165, 1.54) is 106 Å². The van der Waals surface area contributed by atoms with Crippen molar-refractivity contribution < 1.29 is 47.9 Å². The maximum Gasteiger partial charge on any atom is 0.261 e. The SMILES string of the molecule is NC1COCC1C1c2ccccc2-c2cncn21.N[C@@H]1COC[C@@H]1[C@@H]1c2ccccc2-c2cncn21.N[C@@H]1COC[C@@H]1[C@H]1c2ccccc2-c2cncn21.N[C@H]1COC[C@H]1[C@@H]1c2ccccc2-c2cncn21.N[C@H]1COC[C@H]1[C@H]1c2ccccc2-c2cncn21.O=C1c2ccccc2C(=O)N1C1COCC1C1c2ccccc2-c2cncn21.OC1COCC1C1c2ccccc2-c2cncn21.